The minimum absolute atomic E-state index is 0.155. The number of hydrogen-bond acceptors (Lipinski definition) is 8. The quantitative estimate of drug-likeness (QED) is 0.376. The Hall–Kier alpha value is -0.970. The van der Waals surface area contributed by atoms with Gasteiger partial charge in [-0.25, -0.2) is 4.79 Å². The van der Waals surface area contributed by atoms with Gasteiger partial charge >= 0.3 is 5.97 Å². The maximum absolute atomic E-state index is 11.5. The molecule has 0 bridgehead atoms. The van der Waals surface area contributed by atoms with Crippen molar-refractivity contribution in [1.82, 2.24) is 0 Å². The lowest BCUT2D eigenvalue weighted by molar-refractivity contribution is -0.154. The largest absolute Gasteiger partial charge is 0.459 e. The van der Waals surface area contributed by atoms with Crippen LogP contribution in [0.1, 0.15) is 6.92 Å². The summed E-state index contributed by atoms with van der Waals surface area (Å²) in [4.78, 5) is 11.5. The van der Waals surface area contributed by atoms with Crippen LogP contribution in [-0.4, -0.2) is 46.7 Å². The van der Waals surface area contributed by atoms with E-state index in [0.717, 1.165) is 0 Å². The minimum Gasteiger partial charge on any atom is -0.459 e. The van der Waals surface area contributed by atoms with Gasteiger partial charge in [-0.15, -0.1) is 0 Å². The van der Waals surface area contributed by atoms with Crippen LogP contribution in [0.2, 0.25) is 0 Å². The molecule has 1 aliphatic heterocycles. The molecule has 104 valence electrons. The van der Waals surface area contributed by atoms with E-state index in [2.05, 4.69) is 19.7 Å². The van der Waals surface area contributed by atoms with Gasteiger partial charge in [0.25, 0.3) is 20.2 Å². The lowest BCUT2D eigenvalue weighted by Crippen LogP contribution is -2.37. The normalized spacial score (nSPS) is 30.1. The summed E-state index contributed by atoms with van der Waals surface area (Å²) in [5, 5.41) is -1.34. The molecule has 0 spiro atoms. The number of esters is 1. The second-order valence-corrected chi connectivity index (χ2v) is 7.03. The van der Waals surface area contributed by atoms with Crippen LogP contribution in [0.3, 0.4) is 0 Å². The molecule has 0 aliphatic carbocycles. The molecule has 1 aliphatic rings. The molecule has 2 unspecified atom stereocenters. The monoisotopic (exact) mass is 300 g/mol. The Morgan fingerprint density at radius 2 is 1.89 bits per heavy atom. The molecule has 0 radical (unpaired) electrons. The lowest BCUT2D eigenvalue weighted by Gasteiger charge is -2.16. The van der Waals surface area contributed by atoms with E-state index in [0.29, 0.717) is 0 Å². The Morgan fingerprint density at radius 3 is 2.44 bits per heavy atom. The highest BCUT2D eigenvalue weighted by atomic mass is 32.3. The third-order valence-electron chi connectivity index (χ3n) is 1.84. The van der Waals surface area contributed by atoms with Crippen LogP contribution in [0.5, 0.6) is 0 Å². The second kappa shape index (κ2) is 5.34. The van der Waals surface area contributed by atoms with Crippen LogP contribution < -0.4 is 0 Å². The molecule has 8 nitrogen and oxygen atoms in total. The van der Waals surface area contributed by atoms with Gasteiger partial charge in [0, 0.05) is 0 Å². The standard InChI is InChI=1S/C8H12O8S2/c1-3-4-14-8(9)7-6(2)15-17(10,11)5-18(12,13)16-7/h3,6-7H,1,4-5H2,2H3. The first-order chi connectivity index (χ1) is 8.17. The first-order valence-electron chi connectivity index (χ1n) is 4.76. The van der Waals surface area contributed by atoms with Gasteiger partial charge in [-0.2, -0.15) is 16.8 Å². The van der Waals surface area contributed by atoms with Crippen molar-refractivity contribution < 1.29 is 34.7 Å². The molecule has 0 saturated carbocycles. The Bertz CT molecular complexity index is 531. The van der Waals surface area contributed by atoms with Crippen molar-refractivity contribution in [2.24, 2.45) is 0 Å². The van der Waals surface area contributed by atoms with Crippen molar-refractivity contribution in [2.45, 2.75) is 19.1 Å². The summed E-state index contributed by atoms with van der Waals surface area (Å²) >= 11 is 0. The highest BCUT2D eigenvalue weighted by molar-refractivity contribution is 8.03. The minimum atomic E-state index is -4.42. The smallest absolute Gasteiger partial charge is 0.339 e. The van der Waals surface area contributed by atoms with Crippen LogP contribution in [0, 0.1) is 0 Å². The first-order valence-corrected chi connectivity index (χ1v) is 7.92. The summed E-state index contributed by atoms with van der Waals surface area (Å²) in [7, 11) is -8.72. The Kier molecular flexibility index (Phi) is 4.48. The number of carbonyl (C=O) groups excluding carboxylic acids is 1. The predicted octanol–water partition coefficient (Wildman–Crippen LogP) is -0.863. The first kappa shape index (κ1) is 15.1. The van der Waals surface area contributed by atoms with Gasteiger partial charge < -0.3 is 4.74 Å². The lowest BCUT2D eigenvalue weighted by atomic mass is 10.2. The molecular weight excluding hydrogens is 288 g/mol. The Balaban J connectivity index is 2.98. The number of ether oxygens (including phenoxy) is 1. The van der Waals surface area contributed by atoms with Crippen molar-refractivity contribution in [1.29, 1.82) is 0 Å². The molecule has 0 aromatic carbocycles. The van der Waals surface area contributed by atoms with E-state index in [9.17, 15) is 21.6 Å². The van der Waals surface area contributed by atoms with Crippen molar-refractivity contribution in [3.05, 3.63) is 12.7 Å². The molecular formula is C8H12O8S2. The molecule has 0 amide bonds. The molecule has 18 heavy (non-hydrogen) atoms. The summed E-state index contributed by atoms with van der Waals surface area (Å²) < 4.78 is 58.6. The summed E-state index contributed by atoms with van der Waals surface area (Å²) in [6.45, 7) is 4.34. The molecule has 10 heteroatoms. The van der Waals surface area contributed by atoms with E-state index < -0.39 is 43.5 Å². The summed E-state index contributed by atoms with van der Waals surface area (Å²) in [6.07, 6.45) is -1.69. The average molecular weight is 300 g/mol. The molecule has 1 saturated heterocycles. The fraction of sp³-hybridized carbons (Fsp3) is 0.625. The van der Waals surface area contributed by atoms with E-state index in [1.165, 1.54) is 13.0 Å². The van der Waals surface area contributed by atoms with E-state index in [1.807, 2.05) is 0 Å². The fourth-order valence-electron chi connectivity index (χ4n) is 1.20. The zero-order valence-corrected chi connectivity index (χ0v) is 11.1. The van der Waals surface area contributed by atoms with Crippen LogP contribution in [-0.2, 0) is 38.1 Å². The van der Waals surface area contributed by atoms with Crippen LogP contribution >= 0.6 is 0 Å². The van der Waals surface area contributed by atoms with Crippen molar-refractivity contribution in [3.63, 3.8) is 0 Å². The van der Waals surface area contributed by atoms with Gasteiger partial charge in [-0.05, 0) is 6.92 Å². The molecule has 1 fully saturated rings. The molecule has 1 rings (SSSR count). The van der Waals surface area contributed by atoms with Crippen LogP contribution in [0.4, 0.5) is 0 Å². The highest BCUT2D eigenvalue weighted by Gasteiger charge is 2.42. The van der Waals surface area contributed by atoms with Gasteiger partial charge in [-0.1, -0.05) is 12.7 Å². The summed E-state index contributed by atoms with van der Waals surface area (Å²) in [5.74, 6) is -1.04. The highest BCUT2D eigenvalue weighted by Crippen LogP contribution is 2.19. The molecule has 0 N–H and O–H groups in total. The van der Waals surface area contributed by atoms with Gasteiger partial charge in [0.15, 0.2) is 0 Å². The van der Waals surface area contributed by atoms with Crippen molar-refractivity contribution in [3.8, 4) is 0 Å². The number of carbonyl (C=O) groups is 1. The zero-order chi connectivity index (χ0) is 14.0. The van der Waals surface area contributed by atoms with E-state index in [4.69, 9.17) is 0 Å². The maximum atomic E-state index is 11.5. The van der Waals surface area contributed by atoms with Crippen LogP contribution in [0.15, 0.2) is 12.7 Å². The fourth-order valence-corrected chi connectivity index (χ4v) is 4.18. The Morgan fingerprint density at radius 1 is 1.33 bits per heavy atom. The van der Waals surface area contributed by atoms with Crippen LogP contribution in [0.25, 0.3) is 0 Å². The number of hydrogen-bond donors (Lipinski definition) is 0. The molecule has 1 heterocycles. The second-order valence-electron chi connectivity index (χ2n) is 3.47. The van der Waals surface area contributed by atoms with E-state index in [-0.39, 0.29) is 6.61 Å². The van der Waals surface area contributed by atoms with E-state index in [1.54, 1.807) is 0 Å². The molecule has 2 atom stereocenters. The van der Waals surface area contributed by atoms with Gasteiger partial charge in [0.2, 0.25) is 11.2 Å². The average Bonchev–Trinajstić information content (AvgIpc) is 2.27. The van der Waals surface area contributed by atoms with Crippen molar-refractivity contribution >= 4 is 26.2 Å². The topological polar surface area (TPSA) is 113 Å². The maximum Gasteiger partial charge on any atom is 0.339 e. The number of rotatable bonds is 3. The summed E-state index contributed by atoms with van der Waals surface area (Å²) in [6, 6.07) is 0. The summed E-state index contributed by atoms with van der Waals surface area (Å²) in [5.41, 5.74) is 0. The zero-order valence-electron chi connectivity index (χ0n) is 9.44. The van der Waals surface area contributed by atoms with Crippen molar-refractivity contribution in [2.75, 3.05) is 11.7 Å². The third-order valence-corrected chi connectivity index (χ3v) is 5.25. The SMILES string of the molecule is C=CCOC(=O)C1OS(=O)(=O)CS(=O)(=O)OC1C. The third kappa shape index (κ3) is 4.05. The van der Waals surface area contributed by atoms with Gasteiger partial charge in [-0.3, -0.25) is 8.37 Å². The van der Waals surface area contributed by atoms with Gasteiger partial charge in [0.05, 0.1) is 0 Å². The predicted molar refractivity (Wildman–Crippen MR) is 59.3 cm³/mol. The van der Waals surface area contributed by atoms with Gasteiger partial charge in [0.1, 0.15) is 12.7 Å². The molecule has 0 aromatic rings. The van der Waals surface area contributed by atoms with E-state index >= 15 is 0 Å². The Labute approximate surface area is 105 Å². The molecule has 0 aromatic heterocycles.